The molecule has 0 radical (unpaired) electrons. The molecule has 1 aromatic heterocycles. The maximum atomic E-state index is 12.6. The summed E-state index contributed by atoms with van der Waals surface area (Å²) in [6, 6.07) is 4.83. The summed E-state index contributed by atoms with van der Waals surface area (Å²) >= 11 is 6.17. The van der Waals surface area contributed by atoms with Crippen LogP contribution in [0.15, 0.2) is 16.9 Å². The summed E-state index contributed by atoms with van der Waals surface area (Å²) in [7, 11) is 0. The molecule has 0 unspecified atom stereocenters. The molecule has 0 bridgehead atoms. The number of aryl methyl sites for hydroxylation is 1. The minimum Gasteiger partial charge on any atom is -0.490 e. The zero-order chi connectivity index (χ0) is 22.4. The Morgan fingerprint density at radius 1 is 1.39 bits per heavy atom. The van der Waals surface area contributed by atoms with Gasteiger partial charge in [-0.3, -0.25) is 14.6 Å². The molecule has 2 heterocycles. The molecule has 0 atom stereocenters. The van der Waals surface area contributed by atoms with Gasteiger partial charge in [0, 0.05) is 30.4 Å². The maximum absolute atomic E-state index is 12.6. The van der Waals surface area contributed by atoms with E-state index in [9.17, 15) is 9.59 Å². The molecule has 1 saturated heterocycles. The SMILES string of the molecule is CCOc1cc(C#N)cc(Cl)c1OC(=O)CCc1c(C)nc(N2CCOCC2)[nH]c1=O. The van der Waals surface area contributed by atoms with E-state index in [1.54, 1.807) is 13.8 Å². The molecule has 1 fully saturated rings. The van der Waals surface area contributed by atoms with E-state index in [1.807, 2.05) is 11.0 Å². The predicted octanol–water partition coefficient (Wildman–Crippen LogP) is 2.38. The average Bonchev–Trinajstić information content (AvgIpc) is 2.76. The number of nitrogens with zero attached hydrogens (tertiary/aromatic N) is 3. The number of benzene rings is 1. The third-order valence-electron chi connectivity index (χ3n) is 4.75. The molecule has 3 rings (SSSR count). The quantitative estimate of drug-likeness (QED) is 0.508. The van der Waals surface area contributed by atoms with Crippen molar-refractivity contribution in [3.8, 4) is 17.6 Å². The first-order chi connectivity index (χ1) is 14.9. The fourth-order valence-corrected chi connectivity index (χ4v) is 3.45. The van der Waals surface area contributed by atoms with E-state index in [4.69, 9.17) is 31.1 Å². The molecule has 164 valence electrons. The van der Waals surface area contributed by atoms with Crippen molar-refractivity contribution in [2.24, 2.45) is 0 Å². The molecule has 9 nitrogen and oxygen atoms in total. The molecule has 0 saturated carbocycles. The Bertz CT molecular complexity index is 1060. The number of hydrogen-bond donors (Lipinski definition) is 1. The number of nitrogens with one attached hydrogen (secondary N) is 1. The van der Waals surface area contributed by atoms with Gasteiger partial charge < -0.3 is 19.1 Å². The van der Waals surface area contributed by atoms with E-state index in [0.717, 1.165) is 0 Å². The van der Waals surface area contributed by atoms with E-state index in [2.05, 4.69) is 9.97 Å². The van der Waals surface area contributed by atoms with Crippen LogP contribution in [0.2, 0.25) is 5.02 Å². The zero-order valence-electron chi connectivity index (χ0n) is 17.4. The van der Waals surface area contributed by atoms with Crippen molar-refractivity contribution >= 4 is 23.5 Å². The van der Waals surface area contributed by atoms with Crippen molar-refractivity contribution < 1.29 is 19.0 Å². The molecule has 1 aliphatic rings. The summed E-state index contributed by atoms with van der Waals surface area (Å²) in [6.45, 7) is 6.29. The van der Waals surface area contributed by atoms with Crippen LogP contribution in [-0.4, -0.2) is 48.8 Å². The number of esters is 1. The van der Waals surface area contributed by atoms with Gasteiger partial charge in [-0.2, -0.15) is 5.26 Å². The number of morpholine rings is 1. The lowest BCUT2D eigenvalue weighted by molar-refractivity contribution is -0.134. The Hall–Kier alpha value is -3.09. The number of aromatic nitrogens is 2. The standard InChI is InChI=1S/C21H23ClN4O5/c1-3-30-17-11-14(12-23)10-16(22)19(17)31-18(27)5-4-15-13(2)24-21(25-20(15)28)26-6-8-29-9-7-26/h10-11H,3-9H2,1-2H3,(H,24,25,28). The van der Waals surface area contributed by atoms with Crippen molar-refractivity contribution in [2.45, 2.75) is 26.7 Å². The van der Waals surface area contributed by atoms with Crippen LogP contribution in [0.1, 0.15) is 30.2 Å². The molecule has 1 N–H and O–H groups in total. The van der Waals surface area contributed by atoms with Crippen LogP contribution in [0.25, 0.3) is 0 Å². The lowest BCUT2D eigenvalue weighted by Crippen LogP contribution is -2.38. The normalized spacial score (nSPS) is 13.5. The van der Waals surface area contributed by atoms with Crippen LogP contribution in [0.4, 0.5) is 5.95 Å². The second-order valence-corrected chi connectivity index (χ2v) is 7.26. The number of aromatic amines is 1. The number of hydrogen-bond acceptors (Lipinski definition) is 8. The van der Waals surface area contributed by atoms with E-state index >= 15 is 0 Å². The third kappa shape index (κ3) is 5.54. The second kappa shape index (κ2) is 10.3. The van der Waals surface area contributed by atoms with Crippen molar-refractivity contribution in [1.29, 1.82) is 5.26 Å². The number of nitriles is 1. The molecule has 2 aromatic rings. The fraction of sp³-hybridized carbons (Fsp3) is 0.429. The van der Waals surface area contributed by atoms with Gasteiger partial charge in [-0.05, 0) is 26.3 Å². The van der Waals surface area contributed by atoms with Gasteiger partial charge in [0.25, 0.3) is 5.56 Å². The Labute approximate surface area is 184 Å². The Kier molecular flexibility index (Phi) is 7.50. The summed E-state index contributed by atoms with van der Waals surface area (Å²) in [5, 5.41) is 9.17. The predicted molar refractivity (Wildman–Crippen MR) is 114 cm³/mol. The Morgan fingerprint density at radius 3 is 2.77 bits per heavy atom. The largest absolute Gasteiger partial charge is 0.490 e. The molecule has 1 aliphatic heterocycles. The zero-order valence-corrected chi connectivity index (χ0v) is 18.1. The van der Waals surface area contributed by atoms with Crippen LogP contribution in [0.5, 0.6) is 11.5 Å². The highest BCUT2D eigenvalue weighted by Crippen LogP contribution is 2.36. The molecular weight excluding hydrogens is 424 g/mol. The first kappa shape index (κ1) is 22.6. The molecular formula is C21H23ClN4O5. The summed E-state index contributed by atoms with van der Waals surface area (Å²) in [5.41, 5.74) is 0.990. The number of ether oxygens (including phenoxy) is 3. The minimum absolute atomic E-state index is 0.0512. The van der Waals surface area contributed by atoms with Gasteiger partial charge in [0.15, 0.2) is 11.5 Å². The lowest BCUT2D eigenvalue weighted by atomic mass is 10.1. The first-order valence-corrected chi connectivity index (χ1v) is 10.3. The number of H-pyrrole nitrogens is 1. The van der Waals surface area contributed by atoms with Gasteiger partial charge in [-0.25, -0.2) is 4.98 Å². The van der Waals surface area contributed by atoms with E-state index < -0.39 is 5.97 Å². The van der Waals surface area contributed by atoms with Crippen molar-refractivity contribution in [2.75, 3.05) is 37.8 Å². The average molecular weight is 447 g/mol. The van der Waals surface area contributed by atoms with Crippen LogP contribution >= 0.6 is 11.6 Å². The molecule has 10 heteroatoms. The Morgan fingerprint density at radius 2 is 2.13 bits per heavy atom. The summed E-state index contributed by atoms with van der Waals surface area (Å²) < 4.78 is 16.1. The highest BCUT2D eigenvalue weighted by atomic mass is 35.5. The summed E-state index contributed by atoms with van der Waals surface area (Å²) in [4.78, 5) is 34.2. The molecule has 0 aliphatic carbocycles. The van der Waals surface area contributed by atoms with Gasteiger partial charge in [0.1, 0.15) is 0 Å². The second-order valence-electron chi connectivity index (χ2n) is 6.86. The van der Waals surface area contributed by atoms with E-state index in [-0.39, 0.29) is 34.9 Å². The number of carbonyl (C=O) groups excluding carboxylic acids is 1. The number of carbonyl (C=O) groups is 1. The van der Waals surface area contributed by atoms with Crippen LogP contribution in [0.3, 0.4) is 0 Å². The third-order valence-corrected chi connectivity index (χ3v) is 5.03. The molecule has 0 spiro atoms. The highest BCUT2D eigenvalue weighted by Gasteiger charge is 2.19. The topological polar surface area (TPSA) is 118 Å². The van der Waals surface area contributed by atoms with Gasteiger partial charge in [0.05, 0.1) is 42.9 Å². The number of rotatable bonds is 7. The summed E-state index contributed by atoms with van der Waals surface area (Å²) in [6.07, 6.45) is 0.110. The summed E-state index contributed by atoms with van der Waals surface area (Å²) in [5.74, 6) is 0.191. The molecule has 0 amide bonds. The minimum atomic E-state index is -0.580. The van der Waals surface area contributed by atoms with Gasteiger partial charge >= 0.3 is 5.97 Å². The van der Waals surface area contributed by atoms with Crippen molar-refractivity contribution in [3.05, 3.63) is 44.3 Å². The molecule has 1 aromatic carbocycles. The number of halogens is 1. The lowest BCUT2D eigenvalue weighted by Gasteiger charge is -2.27. The monoisotopic (exact) mass is 446 g/mol. The van der Waals surface area contributed by atoms with Crippen molar-refractivity contribution in [1.82, 2.24) is 9.97 Å². The number of anilines is 1. The Balaban J connectivity index is 1.70. The van der Waals surface area contributed by atoms with Gasteiger partial charge in [-0.1, -0.05) is 11.6 Å². The van der Waals surface area contributed by atoms with Crippen molar-refractivity contribution in [3.63, 3.8) is 0 Å². The smallest absolute Gasteiger partial charge is 0.311 e. The maximum Gasteiger partial charge on any atom is 0.311 e. The van der Waals surface area contributed by atoms with E-state index in [1.165, 1.54) is 12.1 Å². The van der Waals surface area contributed by atoms with Crippen LogP contribution in [-0.2, 0) is 16.0 Å². The highest BCUT2D eigenvalue weighted by molar-refractivity contribution is 6.32. The molecule has 31 heavy (non-hydrogen) atoms. The van der Waals surface area contributed by atoms with E-state index in [0.29, 0.717) is 55.7 Å². The fourth-order valence-electron chi connectivity index (χ4n) is 3.20. The van der Waals surface area contributed by atoms with Gasteiger partial charge in [0.2, 0.25) is 5.95 Å². The van der Waals surface area contributed by atoms with Crippen LogP contribution < -0.4 is 19.9 Å². The van der Waals surface area contributed by atoms with Gasteiger partial charge in [-0.15, -0.1) is 0 Å². The first-order valence-electron chi connectivity index (χ1n) is 9.92. The van der Waals surface area contributed by atoms with Crippen LogP contribution in [0, 0.1) is 18.3 Å².